The number of benzene rings is 2. The number of rotatable bonds is 7. The molecule has 0 spiro atoms. The quantitative estimate of drug-likeness (QED) is 0.468. The molecular weight excluding hydrogens is 399 g/mol. The van der Waals surface area contributed by atoms with Crippen molar-refractivity contribution >= 4 is 17.6 Å². The van der Waals surface area contributed by atoms with Gasteiger partial charge in [-0.25, -0.2) is 9.38 Å². The number of hydrogen-bond acceptors (Lipinski definition) is 4. The standard InChI is InChI=1S/C23H27FN4O3/c24-19-5-2-1-4-16(19)10-11-25-23(26-15-22(29)27-17-6-7-17)28-18-8-9-20-21(14-18)31-13-3-12-30-20/h1-2,4-5,8-9,14,17H,3,6-7,10-13,15H2,(H,27,29)(H2,25,26,28). The highest BCUT2D eigenvalue weighted by atomic mass is 19.1. The van der Waals surface area contributed by atoms with E-state index in [0.717, 1.165) is 24.9 Å². The largest absolute Gasteiger partial charge is 0.490 e. The van der Waals surface area contributed by atoms with Gasteiger partial charge in [-0.2, -0.15) is 0 Å². The molecule has 1 heterocycles. The van der Waals surface area contributed by atoms with Crippen molar-refractivity contribution in [2.24, 2.45) is 4.99 Å². The third kappa shape index (κ3) is 6.34. The zero-order chi connectivity index (χ0) is 21.5. The van der Waals surface area contributed by atoms with Crippen molar-refractivity contribution in [1.29, 1.82) is 0 Å². The Labute approximate surface area is 181 Å². The molecule has 1 amide bonds. The number of nitrogens with zero attached hydrogens (tertiary/aromatic N) is 1. The van der Waals surface area contributed by atoms with Gasteiger partial charge >= 0.3 is 0 Å². The van der Waals surface area contributed by atoms with Gasteiger partial charge in [-0.1, -0.05) is 18.2 Å². The van der Waals surface area contributed by atoms with Crippen molar-refractivity contribution in [3.63, 3.8) is 0 Å². The highest BCUT2D eigenvalue weighted by molar-refractivity contribution is 5.95. The molecule has 1 saturated carbocycles. The molecule has 1 aliphatic carbocycles. The Hall–Kier alpha value is -3.29. The van der Waals surface area contributed by atoms with Crippen molar-refractivity contribution in [2.45, 2.75) is 31.7 Å². The molecule has 0 radical (unpaired) electrons. The van der Waals surface area contributed by atoms with Crippen molar-refractivity contribution < 1.29 is 18.7 Å². The topological polar surface area (TPSA) is 84.0 Å². The maximum absolute atomic E-state index is 13.9. The lowest BCUT2D eigenvalue weighted by Gasteiger charge is -2.15. The van der Waals surface area contributed by atoms with E-state index in [4.69, 9.17) is 9.47 Å². The van der Waals surface area contributed by atoms with Crippen molar-refractivity contribution in [3.8, 4) is 11.5 Å². The molecule has 31 heavy (non-hydrogen) atoms. The van der Waals surface area contributed by atoms with Crippen molar-refractivity contribution in [1.82, 2.24) is 10.6 Å². The van der Waals surface area contributed by atoms with Gasteiger partial charge in [0.25, 0.3) is 0 Å². The molecule has 8 heteroatoms. The smallest absolute Gasteiger partial charge is 0.242 e. The van der Waals surface area contributed by atoms with Crippen molar-refractivity contribution in [3.05, 3.63) is 53.8 Å². The van der Waals surface area contributed by atoms with Crippen LogP contribution in [0.15, 0.2) is 47.5 Å². The molecule has 7 nitrogen and oxygen atoms in total. The number of amides is 1. The number of aliphatic imine (C=N–C) groups is 1. The fraction of sp³-hybridized carbons (Fsp3) is 0.391. The Balaban J connectivity index is 1.41. The van der Waals surface area contributed by atoms with Crippen LogP contribution in [-0.4, -0.2) is 44.2 Å². The summed E-state index contributed by atoms with van der Waals surface area (Å²) in [4.78, 5) is 16.5. The Bertz CT molecular complexity index is 946. The van der Waals surface area contributed by atoms with Gasteiger partial charge in [0.15, 0.2) is 17.5 Å². The summed E-state index contributed by atoms with van der Waals surface area (Å²) >= 11 is 0. The van der Waals surface area contributed by atoms with Crippen LogP contribution < -0.4 is 25.4 Å². The maximum Gasteiger partial charge on any atom is 0.242 e. The third-order valence-electron chi connectivity index (χ3n) is 4.98. The molecule has 2 aromatic rings. The Morgan fingerprint density at radius 1 is 1.10 bits per heavy atom. The van der Waals surface area contributed by atoms with Gasteiger partial charge in [-0.05, 0) is 43.0 Å². The summed E-state index contributed by atoms with van der Waals surface area (Å²) in [5.74, 6) is 1.47. The average molecular weight is 426 g/mol. The number of guanidine groups is 1. The van der Waals surface area contributed by atoms with Crippen LogP contribution in [0.2, 0.25) is 0 Å². The molecule has 2 aliphatic rings. The van der Waals surface area contributed by atoms with Gasteiger partial charge in [-0.3, -0.25) is 4.79 Å². The van der Waals surface area contributed by atoms with Gasteiger partial charge in [0.1, 0.15) is 12.4 Å². The molecular formula is C23H27FN4O3. The normalized spacial score (nSPS) is 15.7. The Kier molecular flexibility index (Phi) is 6.86. The Morgan fingerprint density at radius 3 is 2.71 bits per heavy atom. The summed E-state index contributed by atoms with van der Waals surface area (Å²) < 4.78 is 25.3. The number of carbonyl (C=O) groups is 1. The number of ether oxygens (including phenoxy) is 2. The van der Waals surface area contributed by atoms with E-state index >= 15 is 0 Å². The minimum absolute atomic E-state index is 0.0100. The molecule has 1 fully saturated rings. The monoisotopic (exact) mass is 426 g/mol. The van der Waals surface area contributed by atoms with Gasteiger partial charge in [0.2, 0.25) is 5.91 Å². The number of fused-ring (bicyclic) bond motifs is 1. The van der Waals surface area contributed by atoms with E-state index in [-0.39, 0.29) is 24.3 Å². The zero-order valence-electron chi connectivity index (χ0n) is 17.3. The minimum Gasteiger partial charge on any atom is -0.490 e. The van der Waals surface area contributed by atoms with Crippen LogP contribution in [0.4, 0.5) is 10.1 Å². The lowest BCUT2D eigenvalue weighted by atomic mass is 10.1. The molecule has 1 aliphatic heterocycles. The number of halogens is 1. The van der Waals surface area contributed by atoms with Crippen LogP contribution in [0.25, 0.3) is 0 Å². The fourth-order valence-corrected chi connectivity index (χ4v) is 3.19. The molecule has 0 bridgehead atoms. The minimum atomic E-state index is -0.234. The molecule has 4 rings (SSSR count). The molecule has 3 N–H and O–H groups in total. The van der Waals surface area contributed by atoms with E-state index in [9.17, 15) is 9.18 Å². The van der Waals surface area contributed by atoms with E-state index < -0.39 is 0 Å². The van der Waals surface area contributed by atoms with Gasteiger partial charge in [0, 0.05) is 30.8 Å². The van der Waals surface area contributed by atoms with Crippen LogP contribution in [0.3, 0.4) is 0 Å². The maximum atomic E-state index is 13.9. The second-order valence-corrected chi connectivity index (χ2v) is 7.61. The number of anilines is 1. The fourth-order valence-electron chi connectivity index (χ4n) is 3.19. The van der Waals surface area contributed by atoms with E-state index in [0.29, 0.717) is 49.2 Å². The number of carbonyl (C=O) groups excluding carboxylic acids is 1. The van der Waals surface area contributed by atoms with E-state index in [2.05, 4.69) is 20.9 Å². The van der Waals surface area contributed by atoms with Crippen LogP contribution in [0.5, 0.6) is 11.5 Å². The molecule has 2 aromatic carbocycles. The first-order chi connectivity index (χ1) is 15.2. The van der Waals surface area contributed by atoms with Crippen LogP contribution in [-0.2, 0) is 11.2 Å². The molecule has 0 unspecified atom stereocenters. The first kappa shape index (κ1) is 21.0. The van der Waals surface area contributed by atoms with E-state index in [1.807, 2.05) is 24.3 Å². The third-order valence-corrected chi connectivity index (χ3v) is 4.98. The molecule has 164 valence electrons. The molecule has 0 atom stereocenters. The molecule has 0 saturated heterocycles. The zero-order valence-corrected chi connectivity index (χ0v) is 17.3. The summed E-state index contributed by atoms with van der Waals surface area (Å²) in [5.41, 5.74) is 1.38. The SMILES string of the molecule is O=C(CN=C(NCCc1ccccc1F)Nc1ccc2c(c1)OCCCO2)NC1CC1. The average Bonchev–Trinajstić information content (AvgIpc) is 3.60. The number of hydrogen-bond donors (Lipinski definition) is 3. The number of nitrogens with one attached hydrogen (secondary N) is 3. The molecule has 0 aromatic heterocycles. The summed E-state index contributed by atoms with van der Waals surface area (Å²) in [6.07, 6.45) is 3.37. The van der Waals surface area contributed by atoms with Gasteiger partial charge in [-0.15, -0.1) is 0 Å². The summed E-state index contributed by atoms with van der Waals surface area (Å²) in [5, 5.41) is 9.31. The predicted octanol–water partition coefficient (Wildman–Crippen LogP) is 2.87. The van der Waals surface area contributed by atoms with Crippen LogP contribution >= 0.6 is 0 Å². The summed E-state index contributed by atoms with van der Waals surface area (Å²) in [6.45, 7) is 1.69. The van der Waals surface area contributed by atoms with E-state index in [1.54, 1.807) is 12.1 Å². The second kappa shape index (κ2) is 10.1. The lowest BCUT2D eigenvalue weighted by Crippen LogP contribution is -2.35. The van der Waals surface area contributed by atoms with Crippen LogP contribution in [0, 0.1) is 5.82 Å². The summed E-state index contributed by atoms with van der Waals surface area (Å²) in [7, 11) is 0. The first-order valence-electron chi connectivity index (χ1n) is 10.6. The Morgan fingerprint density at radius 2 is 1.90 bits per heavy atom. The predicted molar refractivity (Wildman–Crippen MR) is 117 cm³/mol. The summed E-state index contributed by atoms with van der Waals surface area (Å²) in [6, 6.07) is 12.5. The first-order valence-corrected chi connectivity index (χ1v) is 10.6. The second-order valence-electron chi connectivity index (χ2n) is 7.61. The van der Waals surface area contributed by atoms with Gasteiger partial charge in [0.05, 0.1) is 13.2 Å². The van der Waals surface area contributed by atoms with Gasteiger partial charge < -0.3 is 25.4 Å². The van der Waals surface area contributed by atoms with E-state index in [1.165, 1.54) is 6.07 Å². The van der Waals surface area contributed by atoms with Crippen molar-refractivity contribution in [2.75, 3.05) is 31.6 Å². The highest BCUT2D eigenvalue weighted by Crippen LogP contribution is 2.32. The lowest BCUT2D eigenvalue weighted by molar-refractivity contribution is -0.119. The highest BCUT2D eigenvalue weighted by Gasteiger charge is 2.23. The van der Waals surface area contributed by atoms with Crippen LogP contribution in [0.1, 0.15) is 24.8 Å².